The molecule has 0 N–H and O–H groups in total. The Morgan fingerprint density at radius 3 is 2.92 bits per heavy atom. The fourth-order valence-corrected chi connectivity index (χ4v) is 4.50. The fourth-order valence-electron chi connectivity index (χ4n) is 3.77. The van der Waals surface area contributed by atoms with Gasteiger partial charge in [0.15, 0.2) is 5.82 Å². The zero-order chi connectivity index (χ0) is 16.4. The topological polar surface area (TPSA) is 41.9 Å². The maximum absolute atomic E-state index is 4.99. The Morgan fingerprint density at radius 2 is 2.08 bits per heavy atom. The summed E-state index contributed by atoms with van der Waals surface area (Å²) < 4.78 is 0. The van der Waals surface area contributed by atoms with Crippen LogP contribution in [0.2, 0.25) is 0 Å². The Hall–Kier alpha value is -1.62. The molecule has 1 aliphatic heterocycles. The van der Waals surface area contributed by atoms with Gasteiger partial charge in [0.05, 0.1) is 0 Å². The summed E-state index contributed by atoms with van der Waals surface area (Å²) in [6.45, 7) is 2.22. The summed E-state index contributed by atoms with van der Waals surface area (Å²) in [6.07, 6.45) is 11.3. The average molecular weight is 340 g/mol. The third-order valence-electron chi connectivity index (χ3n) is 5.07. The van der Waals surface area contributed by atoms with Crippen molar-refractivity contribution in [2.75, 3.05) is 24.2 Å². The van der Waals surface area contributed by atoms with E-state index in [9.17, 15) is 0 Å². The van der Waals surface area contributed by atoms with Crippen molar-refractivity contribution in [1.82, 2.24) is 15.0 Å². The first-order valence-corrected chi connectivity index (χ1v) is 10.2. The van der Waals surface area contributed by atoms with Crippen molar-refractivity contribution >= 4 is 17.6 Å². The maximum Gasteiger partial charge on any atom is 0.180 e. The lowest BCUT2D eigenvalue weighted by molar-refractivity contribution is 0.736. The molecule has 126 valence electrons. The molecular formula is C19H24N4S. The van der Waals surface area contributed by atoms with Gasteiger partial charge < -0.3 is 4.90 Å². The number of hydrogen-bond acceptors (Lipinski definition) is 5. The molecular weight excluding hydrogens is 316 g/mol. The van der Waals surface area contributed by atoms with Gasteiger partial charge in [0.1, 0.15) is 11.5 Å². The predicted octanol–water partition coefficient (Wildman–Crippen LogP) is 3.75. The molecule has 2 aromatic heterocycles. The highest BCUT2D eigenvalue weighted by Gasteiger charge is 2.26. The number of anilines is 1. The summed E-state index contributed by atoms with van der Waals surface area (Å²) >= 11 is 1.99. The number of aromatic nitrogens is 3. The first-order chi connectivity index (χ1) is 11.8. The Bertz CT molecular complexity index is 704. The van der Waals surface area contributed by atoms with Crippen LogP contribution in [-0.2, 0) is 12.8 Å². The average Bonchev–Trinajstić information content (AvgIpc) is 2.98. The maximum atomic E-state index is 4.99. The second-order valence-corrected chi connectivity index (χ2v) is 7.80. The summed E-state index contributed by atoms with van der Waals surface area (Å²) in [6, 6.07) is 5.96. The van der Waals surface area contributed by atoms with Crippen LogP contribution in [0.5, 0.6) is 0 Å². The van der Waals surface area contributed by atoms with Gasteiger partial charge in [-0.3, -0.25) is 4.98 Å². The van der Waals surface area contributed by atoms with Crippen LogP contribution in [0.15, 0.2) is 24.4 Å². The molecule has 0 saturated carbocycles. The van der Waals surface area contributed by atoms with Gasteiger partial charge in [-0.1, -0.05) is 12.5 Å². The highest BCUT2D eigenvalue weighted by molar-refractivity contribution is 7.99. The molecule has 1 atom stereocenters. The lowest BCUT2D eigenvalue weighted by Gasteiger charge is -2.27. The predicted molar refractivity (Wildman–Crippen MR) is 101 cm³/mol. The van der Waals surface area contributed by atoms with Gasteiger partial charge in [0.25, 0.3) is 0 Å². The van der Waals surface area contributed by atoms with Crippen LogP contribution < -0.4 is 4.90 Å². The Kier molecular flexibility index (Phi) is 4.69. The van der Waals surface area contributed by atoms with Gasteiger partial charge in [0.2, 0.25) is 0 Å². The van der Waals surface area contributed by atoms with Crippen LogP contribution in [0.3, 0.4) is 0 Å². The third-order valence-corrected chi connectivity index (χ3v) is 6.12. The van der Waals surface area contributed by atoms with E-state index in [1.54, 1.807) is 0 Å². The van der Waals surface area contributed by atoms with E-state index >= 15 is 0 Å². The first-order valence-electron chi connectivity index (χ1n) is 8.94. The van der Waals surface area contributed by atoms with E-state index in [1.165, 1.54) is 42.8 Å². The van der Waals surface area contributed by atoms with E-state index in [0.29, 0.717) is 5.25 Å². The largest absolute Gasteiger partial charge is 0.355 e. The normalized spacial score (nSPS) is 20.7. The second kappa shape index (κ2) is 7.09. The van der Waals surface area contributed by atoms with E-state index < -0.39 is 0 Å². The zero-order valence-electron chi connectivity index (χ0n) is 14.2. The molecule has 5 heteroatoms. The standard InChI is InChI=1S/C19H24N4S/c1-24-14-7-3-5-12-23(13-14)19-15-8-6-10-16(15)21-18(22-19)17-9-2-4-11-20-17/h2,4,9,11,14H,3,5-8,10,12-13H2,1H3. The number of pyridine rings is 1. The molecule has 2 aliphatic rings. The fraction of sp³-hybridized carbons (Fsp3) is 0.526. The van der Waals surface area contributed by atoms with E-state index in [-0.39, 0.29) is 0 Å². The number of hydrogen-bond donors (Lipinski definition) is 0. The molecule has 4 rings (SSSR count). The van der Waals surface area contributed by atoms with Crippen molar-refractivity contribution in [2.24, 2.45) is 0 Å². The van der Waals surface area contributed by atoms with Gasteiger partial charge >= 0.3 is 0 Å². The van der Waals surface area contributed by atoms with Crippen LogP contribution in [0.1, 0.15) is 36.9 Å². The Labute approximate surface area is 148 Å². The molecule has 1 fully saturated rings. The lowest BCUT2D eigenvalue weighted by Crippen LogP contribution is -2.31. The minimum Gasteiger partial charge on any atom is -0.355 e. The van der Waals surface area contributed by atoms with Gasteiger partial charge in [-0.05, 0) is 50.5 Å². The van der Waals surface area contributed by atoms with Gasteiger partial charge in [-0.25, -0.2) is 9.97 Å². The Balaban J connectivity index is 1.75. The molecule has 0 bridgehead atoms. The van der Waals surface area contributed by atoms with E-state index in [4.69, 9.17) is 9.97 Å². The van der Waals surface area contributed by atoms with Gasteiger partial charge in [-0.2, -0.15) is 11.8 Å². The Morgan fingerprint density at radius 1 is 1.12 bits per heavy atom. The van der Waals surface area contributed by atoms with Crippen LogP contribution in [0.25, 0.3) is 11.5 Å². The van der Waals surface area contributed by atoms with Crippen molar-refractivity contribution in [1.29, 1.82) is 0 Å². The molecule has 1 aliphatic carbocycles. The smallest absolute Gasteiger partial charge is 0.180 e. The molecule has 0 spiro atoms. The van der Waals surface area contributed by atoms with E-state index in [0.717, 1.165) is 37.4 Å². The van der Waals surface area contributed by atoms with Crippen LogP contribution in [-0.4, -0.2) is 39.5 Å². The van der Waals surface area contributed by atoms with Crippen molar-refractivity contribution in [3.63, 3.8) is 0 Å². The quantitative estimate of drug-likeness (QED) is 0.851. The van der Waals surface area contributed by atoms with E-state index in [1.807, 2.05) is 36.2 Å². The van der Waals surface area contributed by atoms with Crippen LogP contribution >= 0.6 is 11.8 Å². The SMILES string of the molecule is CSC1CCCCN(c2nc(-c3ccccn3)nc3c2CCC3)C1. The molecule has 1 saturated heterocycles. The summed E-state index contributed by atoms with van der Waals surface area (Å²) in [5.41, 5.74) is 3.51. The van der Waals surface area contributed by atoms with Crippen molar-refractivity contribution in [3.05, 3.63) is 35.7 Å². The number of thioether (sulfide) groups is 1. The first kappa shape index (κ1) is 15.9. The number of rotatable bonds is 3. The number of aryl methyl sites for hydroxylation is 1. The zero-order valence-corrected chi connectivity index (χ0v) is 15.1. The van der Waals surface area contributed by atoms with Crippen LogP contribution in [0.4, 0.5) is 5.82 Å². The third kappa shape index (κ3) is 3.14. The number of nitrogens with zero attached hydrogens (tertiary/aromatic N) is 4. The molecule has 0 amide bonds. The molecule has 3 heterocycles. The van der Waals surface area contributed by atoms with Gasteiger partial charge in [0, 0.05) is 35.8 Å². The molecule has 4 nitrogen and oxygen atoms in total. The molecule has 2 aromatic rings. The summed E-state index contributed by atoms with van der Waals surface area (Å²) in [7, 11) is 0. The van der Waals surface area contributed by atoms with Crippen molar-refractivity contribution < 1.29 is 0 Å². The highest BCUT2D eigenvalue weighted by Crippen LogP contribution is 2.33. The van der Waals surface area contributed by atoms with E-state index in [2.05, 4.69) is 16.1 Å². The van der Waals surface area contributed by atoms with Gasteiger partial charge in [-0.15, -0.1) is 0 Å². The molecule has 1 unspecified atom stereocenters. The summed E-state index contributed by atoms with van der Waals surface area (Å²) in [5, 5.41) is 0.706. The monoisotopic (exact) mass is 340 g/mol. The highest BCUT2D eigenvalue weighted by atomic mass is 32.2. The summed E-state index contributed by atoms with van der Waals surface area (Å²) in [5.74, 6) is 1.97. The lowest BCUT2D eigenvalue weighted by atomic mass is 10.2. The second-order valence-electron chi connectivity index (χ2n) is 6.66. The summed E-state index contributed by atoms with van der Waals surface area (Å²) in [4.78, 5) is 16.8. The molecule has 0 radical (unpaired) electrons. The van der Waals surface area contributed by atoms with Crippen molar-refractivity contribution in [2.45, 2.75) is 43.8 Å². The molecule has 24 heavy (non-hydrogen) atoms. The molecule has 0 aromatic carbocycles. The number of fused-ring (bicyclic) bond motifs is 1. The van der Waals surface area contributed by atoms with Crippen LogP contribution in [0, 0.1) is 0 Å². The minimum atomic E-state index is 0.706. The minimum absolute atomic E-state index is 0.706. The van der Waals surface area contributed by atoms with Crippen molar-refractivity contribution in [3.8, 4) is 11.5 Å².